The summed E-state index contributed by atoms with van der Waals surface area (Å²) in [5.74, 6) is -0.263. The Bertz CT molecular complexity index is 418. The van der Waals surface area contributed by atoms with Crippen molar-refractivity contribution in [2.24, 2.45) is 0 Å². The van der Waals surface area contributed by atoms with E-state index in [0.29, 0.717) is 0 Å². The molecule has 1 atom stereocenters. The van der Waals surface area contributed by atoms with Crippen LogP contribution in [0.3, 0.4) is 0 Å². The quantitative estimate of drug-likeness (QED) is 0.873. The van der Waals surface area contributed by atoms with Crippen molar-refractivity contribution in [1.29, 1.82) is 0 Å². The number of benzene rings is 1. The van der Waals surface area contributed by atoms with Crippen LogP contribution in [0.25, 0.3) is 0 Å². The van der Waals surface area contributed by atoms with E-state index < -0.39 is 17.8 Å². The number of carbonyl (C=O) groups is 1. The molecule has 18 heavy (non-hydrogen) atoms. The van der Waals surface area contributed by atoms with E-state index in [-0.39, 0.29) is 24.4 Å². The Morgan fingerprint density at radius 1 is 1.44 bits per heavy atom. The van der Waals surface area contributed by atoms with E-state index in [1.165, 1.54) is 12.1 Å². The minimum Gasteiger partial charge on any atom is -0.387 e. The van der Waals surface area contributed by atoms with Gasteiger partial charge in [0.1, 0.15) is 0 Å². The van der Waals surface area contributed by atoms with Crippen LogP contribution in [0.4, 0.5) is 13.2 Å². The van der Waals surface area contributed by atoms with Crippen LogP contribution >= 0.6 is 0 Å². The molecule has 0 bridgehead atoms. The zero-order valence-electron chi connectivity index (χ0n) is 9.79. The van der Waals surface area contributed by atoms with Gasteiger partial charge in [-0.15, -0.1) is 0 Å². The molecule has 100 valence electrons. The third kappa shape index (κ3) is 4.03. The average molecular weight is 261 g/mol. The van der Waals surface area contributed by atoms with Gasteiger partial charge in [-0.3, -0.25) is 4.79 Å². The van der Waals surface area contributed by atoms with E-state index in [2.05, 4.69) is 5.32 Å². The van der Waals surface area contributed by atoms with Crippen LogP contribution in [0.5, 0.6) is 0 Å². The zero-order valence-corrected chi connectivity index (χ0v) is 9.79. The van der Waals surface area contributed by atoms with Crippen LogP contribution in [0.15, 0.2) is 24.3 Å². The number of amides is 1. The normalized spacial score (nSPS) is 13.2. The average Bonchev–Trinajstić information content (AvgIpc) is 2.34. The molecule has 0 saturated carbocycles. The fourth-order valence-electron chi connectivity index (χ4n) is 1.38. The first kappa shape index (κ1) is 14.5. The van der Waals surface area contributed by atoms with Crippen molar-refractivity contribution in [2.75, 3.05) is 6.54 Å². The fourth-order valence-corrected chi connectivity index (χ4v) is 1.38. The topological polar surface area (TPSA) is 49.3 Å². The lowest BCUT2D eigenvalue weighted by molar-refractivity contribution is -0.137. The van der Waals surface area contributed by atoms with Crippen LogP contribution in [-0.4, -0.2) is 17.6 Å². The number of aliphatic hydroxyl groups excluding tert-OH is 1. The number of hydrogen-bond donors (Lipinski definition) is 2. The van der Waals surface area contributed by atoms with Crippen LogP contribution in [0.2, 0.25) is 0 Å². The van der Waals surface area contributed by atoms with Gasteiger partial charge in [-0.2, -0.15) is 13.2 Å². The van der Waals surface area contributed by atoms with E-state index in [1.54, 1.807) is 6.92 Å². The van der Waals surface area contributed by atoms with Gasteiger partial charge in [-0.1, -0.05) is 19.1 Å². The molecule has 0 aliphatic heterocycles. The molecule has 0 aromatic heterocycles. The summed E-state index contributed by atoms with van der Waals surface area (Å²) in [5, 5.41) is 12.1. The molecule has 0 spiro atoms. The van der Waals surface area contributed by atoms with E-state index >= 15 is 0 Å². The molecule has 1 unspecified atom stereocenters. The van der Waals surface area contributed by atoms with Crippen LogP contribution in [-0.2, 0) is 11.0 Å². The summed E-state index contributed by atoms with van der Waals surface area (Å²) in [6, 6.07) is 4.42. The fraction of sp³-hybridized carbons (Fsp3) is 0.417. The van der Waals surface area contributed by atoms with Crippen molar-refractivity contribution >= 4 is 5.91 Å². The molecular weight excluding hydrogens is 247 g/mol. The Labute approximate surface area is 103 Å². The number of alkyl halides is 3. The van der Waals surface area contributed by atoms with Gasteiger partial charge in [0, 0.05) is 13.0 Å². The molecule has 1 aromatic rings. The van der Waals surface area contributed by atoms with Crippen molar-refractivity contribution < 1.29 is 23.1 Å². The Balaban J connectivity index is 2.74. The molecule has 0 fully saturated rings. The summed E-state index contributed by atoms with van der Waals surface area (Å²) in [7, 11) is 0. The van der Waals surface area contributed by atoms with Crippen molar-refractivity contribution in [3.8, 4) is 0 Å². The molecule has 0 heterocycles. The third-order valence-electron chi connectivity index (χ3n) is 2.41. The second kappa shape index (κ2) is 5.86. The molecule has 3 nitrogen and oxygen atoms in total. The highest BCUT2D eigenvalue weighted by molar-refractivity contribution is 5.75. The van der Waals surface area contributed by atoms with Crippen LogP contribution in [0.1, 0.15) is 30.6 Å². The van der Waals surface area contributed by atoms with E-state index in [0.717, 1.165) is 12.1 Å². The number of hydrogen-bond acceptors (Lipinski definition) is 2. The van der Waals surface area contributed by atoms with Crippen molar-refractivity contribution in [1.82, 2.24) is 5.32 Å². The maximum absolute atomic E-state index is 12.4. The maximum Gasteiger partial charge on any atom is 0.416 e. The van der Waals surface area contributed by atoms with Crippen LogP contribution in [0, 0.1) is 0 Å². The first-order valence-corrected chi connectivity index (χ1v) is 5.46. The Morgan fingerprint density at radius 3 is 2.67 bits per heavy atom. The van der Waals surface area contributed by atoms with Gasteiger partial charge < -0.3 is 10.4 Å². The molecule has 0 radical (unpaired) electrons. The van der Waals surface area contributed by atoms with Crippen molar-refractivity contribution in [2.45, 2.75) is 25.6 Å². The maximum atomic E-state index is 12.4. The second-order valence-electron chi connectivity index (χ2n) is 3.80. The Hall–Kier alpha value is -1.56. The van der Waals surface area contributed by atoms with E-state index in [9.17, 15) is 23.1 Å². The first-order chi connectivity index (χ1) is 8.34. The SMILES string of the molecule is CCC(=O)NCC(O)c1cccc(C(F)(F)F)c1. The van der Waals surface area contributed by atoms with Gasteiger partial charge >= 0.3 is 6.18 Å². The predicted octanol–water partition coefficient (Wildman–Crippen LogP) is 2.27. The molecule has 0 aliphatic rings. The lowest BCUT2D eigenvalue weighted by atomic mass is 10.1. The summed E-state index contributed by atoms with van der Waals surface area (Å²) >= 11 is 0. The van der Waals surface area contributed by atoms with Crippen LogP contribution < -0.4 is 5.32 Å². The summed E-state index contributed by atoms with van der Waals surface area (Å²) in [4.78, 5) is 11.0. The van der Waals surface area contributed by atoms with Gasteiger partial charge in [-0.05, 0) is 17.7 Å². The standard InChI is InChI=1S/C12H14F3NO2/c1-2-11(18)16-7-10(17)8-4-3-5-9(6-8)12(13,14)15/h3-6,10,17H,2,7H2,1H3,(H,16,18). The smallest absolute Gasteiger partial charge is 0.387 e. The van der Waals surface area contributed by atoms with Crippen molar-refractivity contribution in [3.63, 3.8) is 0 Å². The molecule has 2 N–H and O–H groups in total. The number of nitrogens with one attached hydrogen (secondary N) is 1. The predicted molar refractivity (Wildman–Crippen MR) is 59.7 cm³/mol. The molecule has 1 amide bonds. The molecule has 1 rings (SSSR count). The lowest BCUT2D eigenvalue weighted by Gasteiger charge is -2.14. The Morgan fingerprint density at radius 2 is 2.11 bits per heavy atom. The van der Waals surface area contributed by atoms with E-state index in [1.807, 2.05) is 0 Å². The highest BCUT2D eigenvalue weighted by atomic mass is 19.4. The highest BCUT2D eigenvalue weighted by Gasteiger charge is 2.30. The van der Waals surface area contributed by atoms with Gasteiger partial charge in [0.25, 0.3) is 0 Å². The molecule has 6 heteroatoms. The highest BCUT2D eigenvalue weighted by Crippen LogP contribution is 2.30. The number of carbonyl (C=O) groups excluding carboxylic acids is 1. The summed E-state index contributed by atoms with van der Waals surface area (Å²) < 4.78 is 37.3. The number of aliphatic hydroxyl groups is 1. The number of rotatable bonds is 4. The largest absolute Gasteiger partial charge is 0.416 e. The lowest BCUT2D eigenvalue weighted by Crippen LogP contribution is -2.27. The summed E-state index contributed by atoms with van der Waals surface area (Å²) in [6.45, 7) is 1.54. The van der Waals surface area contributed by atoms with Crippen molar-refractivity contribution in [3.05, 3.63) is 35.4 Å². The van der Waals surface area contributed by atoms with E-state index in [4.69, 9.17) is 0 Å². The minimum atomic E-state index is -4.44. The second-order valence-corrected chi connectivity index (χ2v) is 3.80. The van der Waals surface area contributed by atoms with Gasteiger partial charge in [-0.25, -0.2) is 0 Å². The number of halogens is 3. The minimum absolute atomic E-state index is 0.103. The monoisotopic (exact) mass is 261 g/mol. The third-order valence-corrected chi connectivity index (χ3v) is 2.41. The Kier molecular flexibility index (Phi) is 4.72. The molecule has 1 aromatic carbocycles. The summed E-state index contributed by atoms with van der Waals surface area (Å²) in [6.07, 6.45) is -5.33. The van der Waals surface area contributed by atoms with Gasteiger partial charge in [0.2, 0.25) is 5.91 Å². The van der Waals surface area contributed by atoms with Gasteiger partial charge in [0.05, 0.1) is 11.7 Å². The molecular formula is C12H14F3NO2. The first-order valence-electron chi connectivity index (χ1n) is 5.46. The van der Waals surface area contributed by atoms with Gasteiger partial charge in [0.15, 0.2) is 0 Å². The molecule has 0 saturated heterocycles. The zero-order chi connectivity index (χ0) is 13.8. The summed E-state index contributed by atoms with van der Waals surface area (Å²) in [5.41, 5.74) is -0.693. The molecule has 0 aliphatic carbocycles.